The van der Waals surface area contributed by atoms with Crippen LogP contribution in [0.4, 0.5) is 0 Å². The monoisotopic (exact) mass is 483 g/mol. The number of fused-ring (bicyclic) bond motifs is 2. The van der Waals surface area contributed by atoms with Gasteiger partial charge in [-0.2, -0.15) is 0 Å². The van der Waals surface area contributed by atoms with E-state index >= 15 is 0 Å². The largest absolute Gasteiger partial charge is 0.348 e. The molecule has 0 radical (unpaired) electrons. The van der Waals surface area contributed by atoms with Crippen molar-refractivity contribution in [2.75, 3.05) is 0 Å². The maximum absolute atomic E-state index is 12.9. The summed E-state index contributed by atoms with van der Waals surface area (Å²) < 4.78 is 2.17. The van der Waals surface area contributed by atoms with Crippen LogP contribution in [0.5, 0.6) is 0 Å². The number of hydrogen-bond acceptors (Lipinski definition) is 4. The van der Waals surface area contributed by atoms with Crippen LogP contribution in [0.2, 0.25) is 0 Å². The van der Waals surface area contributed by atoms with Gasteiger partial charge in [-0.05, 0) is 54.6 Å². The Hall–Kier alpha value is -3.71. The summed E-state index contributed by atoms with van der Waals surface area (Å²) >= 11 is 1.67. The number of aromatic nitrogens is 1. The molecule has 4 heterocycles. The van der Waals surface area contributed by atoms with Gasteiger partial charge in [0.05, 0.1) is 30.3 Å². The molecule has 0 aliphatic carbocycles. The molecule has 2 aliphatic heterocycles. The number of aryl methyl sites for hydroxylation is 1. The number of carbonyl (C=O) groups is 3. The lowest BCUT2D eigenvalue weighted by Crippen LogP contribution is -2.29. The van der Waals surface area contributed by atoms with Crippen LogP contribution in [0.1, 0.15) is 61.3 Å². The molecule has 0 unspecified atom stereocenters. The van der Waals surface area contributed by atoms with Gasteiger partial charge in [-0.25, -0.2) is 0 Å². The number of rotatable bonds is 5. The number of likely N-dealkylation sites (tertiary alicyclic amines) is 1. The fourth-order valence-electron chi connectivity index (χ4n) is 5.53. The highest BCUT2D eigenvalue weighted by molar-refractivity contribution is 7.09. The van der Waals surface area contributed by atoms with Gasteiger partial charge in [0.2, 0.25) is 5.91 Å². The molecule has 1 saturated heterocycles. The van der Waals surface area contributed by atoms with Crippen molar-refractivity contribution in [3.05, 3.63) is 92.8 Å². The van der Waals surface area contributed by atoms with Crippen molar-refractivity contribution in [3.63, 3.8) is 0 Å². The van der Waals surface area contributed by atoms with Crippen molar-refractivity contribution in [3.8, 4) is 0 Å². The Morgan fingerprint density at radius 1 is 0.943 bits per heavy atom. The molecule has 0 spiro atoms. The number of nitrogens with zero attached hydrogens (tertiary/aromatic N) is 3. The number of thiophene rings is 1. The molecule has 0 N–H and O–H groups in total. The average molecular weight is 484 g/mol. The highest BCUT2D eigenvalue weighted by atomic mass is 32.1. The summed E-state index contributed by atoms with van der Waals surface area (Å²) in [6, 6.07) is 17.2. The van der Waals surface area contributed by atoms with Gasteiger partial charge in [-0.15, -0.1) is 11.3 Å². The topological polar surface area (TPSA) is 62.6 Å². The van der Waals surface area contributed by atoms with Gasteiger partial charge in [0.15, 0.2) is 0 Å². The van der Waals surface area contributed by atoms with Gasteiger partial charge in [0, 0.05) is 40.5 Å². The molecule has 2 aliphatic rings. The van der Waals surface area contributed by atoms with Crippen LogP contribution >= 0.6 is 11.3 Å². The third-order valence-electron chi connectivity index (χ3n) is 7.39. The fraction of sp³-hybridized carbons (Fsp3) is 0.250. The Morgan fingerprint density at radius 2 is 1.69 bits per heavy atom. The molecule has 7 heteroatoms. The highest BCUT2D eigenvalue weighted by Crippen LogP contribution is 2.41. The molecule has 0 bridgehead atoms. The van der Waals surface area contributed by atoms with Gasteiger partial charge in [-0.3, -0.25) is 19.3 Å². The van der Waals surface area contributed by atoms with Crippen LogP contribution in [0.15, 0.2) is 60.0 Å². The minimum atomic E-state index is -0.251. The van der Waals surface area contributed by atoms with E-state index in [1.807, 2.05) is 29.5 Å². The lowest BCUT2D eigenvalue weighted by molar-refractivity contribution is -0.129. The van der Waals surface area contributed by atoms with Gasteiger partial charge in [0.1, 0.15) is 0 Å². The summed E-state index contributed by atoms with van der Waals surface area (Å²) in [5, 5.41) is 3.12. The minimum Gasteiger partial charge on any atom is -0.348 e. The van der Waals surface area contributed by atoms with Gasteiger partial charge >= 0.3 is 0 Å². The summed E-state index contributed by atoms with van der Waals surface area (Å²) in [5.41, 5.74) is 5.20. The van der Waals surface area contributed by atoms with E-state index in [0.29, 0.717) is 24.1 Å². The number of carbonyl (C=O) groups excluding carboxylic acids is 3. The molecule has 0 saturated carbocycles. The molecule has 2 aromatic carbocycles. The molecule has 6 rings (SSSR count). The summed E-state index contributed by atoms with van der Waals surface area (Å²) in [5.74, 6) is -0.320. The van der Waals surface area contributed by atoms with Crippen LogP contribution in [-0.4, -0.2) is 32.1 Å². The third-order valence-corrected chi connectivity index (χ3v) is 8.25. The summed E-state index contributed by atoms with van der Waals surface area (Å²) in [6.45, 7) is 2.94. The van der Waals surface area contributed by atoms with Crippen LogP contribution in [0, 0.1) is 6.92 Å². The maximum Gasteiger partial charge on any atom is 0.261 e. The molecule has 176 valence electrons. The van der Waals surface area contributed by atoms with E-state index in [-0.39, 0.29) is 30.3 Å². The predicted molar refractivity (Wildman–Crippen MR) is 135 cm³/mol. The highest BCUT2D eigenvalue weighted by Gasteiger charge is 2.37. The van der Waals surface area contributed by atoms with E-state index in [1.165, 1.54) is 9.78 Å². The zero-order chi connectivity index (χ0) is 24.3. The first-order valence-corrected chi connectivity index (χ1v) is 12.7. The zero-order valence-electron chi connectivity index (χ0n) is 19.7. The lowest BCUT2D eigenvalue weighted by Gasteiger charge is -2.25. The van der Waals surface area contributed by atoms with Gasteiger partial charge in [0.25, 0.3) is 11.8 Å². The second-order valence-electron chi connectivity index (χ2n) is 9.31. The van der Waals surface area contributed by atoms with Gasteiger partial charge < -0.3 is 9.47 Å². The minimum absolute atomic E-state index is 0.00264. The van der Waals surface area contributed by atoms with E-state index < -0.39 is 0 Å². The Labute approximate surface area is 207 Å². The van der Waals surface area contributed by atoms with E-state index in [1.54, 1.807) is 35.6 Å². The van der Waals surface area contributed by atoms with Gasteiger partial charge in [-0.1, -0.05) is 24.3 Å². The standard InChI is InChI=1S/C28H25N3O3S/c1-17-26(24-11-12-25(32)30(24)16-19-6-5-13-35-19)22-14-18(9-10-23(22)29(17)2)15-31-27(33)20-7-3-4-8-21(20)28(31)34/h3-10,13-14,24H,11-12,15-16H2,1-2H3/t24-/m0/s1. The number of amides is 3. The van der Waals surface area contributed by atoms with Crippen molar-refractivity contribution >= 4 is 40.0 Å². The SMILES string of the molecule is Cc1c([C@@H]2CCC(=O)N2Cc2cccs2)c2cc(CN3C(=O)c4ccccc4C3=O)ccc2n1C. The average Bonchev–Trinajstić information content (AvgIpc) is 3.61. The molecule has 1 atom stereocenters. The van der Waals surface area contributed by atoms with E-state index in [2.05, 4.69) is 29.7 Å². The van der Waals surface area contributed by atoms with Crippen molar-refractivity contribution in [1.82, 2.24) is 14.4 Å². The molecular formula is C28H25N3O3S. The molecule has 3 amide bonds. The molecule has 6 nitrogen and oxygen atoms in total. The maximum atomic E-state index is 12.9. The number of hydrogen-bond donors (Lipinski definition) is 0. The Balaban J connectivity index is 1.37. The van der Waals surface area contributed by atoms with Crippen LogP contribution in [-0.2, 0) is 24.9 Å². The summed E-state index contributed by atoms with van der Waals surface area (Å²) in [6.07, 6.45) is 1.33. The lowest BCUT2D eigenvalue weighted by atomic mass is 9.99. The predicted octanol–water partition coefficient (Wildman–Crippen LogP) is 5.21. The number of benzene rings is 2. The van der Waals surface area contributed by atoms with E-state index in [4.69, 9.17) is 0 Å². The Bertz CT molecular complexity index is 1470. The second-order valence-corrected chi connectivity index (χ2v) is 10.3. The molecule has 2 aromatic heterocycles. The molecule has 4 aromatic rings. The Morgan fingerprint density at radius 3 is 2.37 bits per heavy atom. The van der Waals surface area contributed by atoms with Crippen molar-refractivity contribution in [2.24, 2.45) is 7.05 Å². The van der Waals surface area contributed by atoms with Crippen LogP contribution in [0.25, 0.3) is 10.9 Å². The molecule has 35 heavy (non-hydrogen) atoms. The third kappa shape index (κ3) is 3.41. The normalized spacial score (nSPS) is 17.8. The smallest absolute Gasteiger partial charge is 0.261 e. The fourth-order valence-corrected chi connectivity index (χ4v) is 6.24. The first kappa shape index (κ1) is 21.8. The van der Waals surface area contributed by atoms with Crippen molar-refractivity contribution in [1.29, 1.82) is 0 Å². The van der Waals surface area contributed by atoms with E-state index in [0.717, 1.165) is 34.1 Å². The second kappa shape index (κ2) is 8.20. The van der Waals surface area contributed by atoms with Crippen LogP contribution in [0.3, 0.4) is 0 Å². The molecular weight excluding hydrogens is 458 g/mol. The van der Waals surface area contributed by atoms with Crippen LogP contribution < -0.4 is 0 Å². The van der Waals surface area contributed by atoms with Crippen molar-refractivity contribution in [2.45, 2.75) is 38.9 Å². The first-order valence-electron chi connectivity index (χ1n) is 11.8. The summed E-state index contributed by atoms with van der Waals surface area (Å²) in [4.78, 5) is 43.2. The number of imide groups is 1. The quantitative estimate of drug-likeness (QED) is 0.366. The van der Waals surface area contributed by atoms with Crippen molar-refractivity contribution < 1.29 is 14.4 Å². The zero-order valence-corrected chi connectivity index (χ0v) is 20.5. The summed E-state index contributed by atoms with van der Waals surface area (Å²) in [7, 11) is 2.05. The Kier molecular flexibility index (Phi) is 5.11. The molecule has 1 fully saturated rings. The van der Waals surface area contributed by atoms with E-state index in [9.17, 15) is 14.4 Å². The first-order chi connectivity index (χ1) is 16.9.